The molecule has 0 saturated heterocycles. The van der Waals surface area contributed by atoms with Gasteiger partial charge in [0, 0.05) is 29.8 Å². The summed E-state index contributed by atoms with van der Waals surface area (Å²) in [6, 6.07) is 17.4. The first kappa shape index (κ1) is 22.8. The third kappa shape index (κ3) is 5.42. The first-order chi connectivity index (χ1) is 15.2. The minimum absolute atomic E-state index is 0.0108. The molecule has 0 aliphatic carbocycles. The Morgan fingerprint density at radius 2 is 1.62 bits per heavy atom. The maximum Gasteiger partial charge on any atom is 0.251 e. The van der Waals surface area contributed by atoms with Crippen LogP contribution in [0.15, 0.2) is 71.6 Å². The van der Waals surface area contributed by atoms with E-state index >= 15 is 0 Å². The van der Waals surface area contributed by atoms with Gasteiger partial charge in [-0.05, 0) is 42.0 Å². The van der Waals surface area contributed by atoms with Gasteiger partial charge in [0.1, 0.15) is 11.6 Å². The Labute approximate surface area is 185 Å². The molecule has 0 radical (unpaired) electrons. The Morgan fingerprint density at radius 1 is 0.969 bits per heavy atom. The predicted molar refractivity (Wildman–Crippen MR) is 123 cm³/mol. The zero-order valence-electron chi connectivity index (χ0n) is 17.0. The predicted octanol–water partition coefficient (Wildman–Crippen LogP) is 1.83. The molecule has 1 amide bonds. The maximum atomic E-state index is 12.4. The number of primary sulfonamides is 1. The van der Waals surface area contributed by atoms with E-state index in [2.05, 4.69) is 10.6 Å². The Kier molecular flexibility index (Phi) is 6.76. The third-order valence-corrected chi connectivity index (χ3v) is 5.65. The van der Waals surface area contributed by atoms with Crippen LogP contribution in [0.3, 0.4) is 0 Å². The summed E-state index contributed by atoms with van der Waals surface area (Å²) in [5.41, 5.74) is 7.81. The van der Waals surface area contributed by atoms with Gasteiger partial charge in [0.25, 0.3) is 5.91 Å². The smallest absolute Gasteiger partial charge is 0.251 e. The fourth-order valence-corrected chi connectivity index (χ4v) is 3.84. The molecule has 9 nitrogen and oxygen atoms in total. The first-order valence-electron chi connectivity index (χ1n) is 9.58. The van der Waals surface area contributed by atoms with Crippen LogP contribution in [-0.2, 0) is 10.0 Å². The monoisotopic (exact) mass is 453 g/mol. The number of benzene rings is 3. The van der Waals surface area contributed by atoms with Crippen LogP contribution in [0, 0.1) is 5.41 Å². The topological polar surface area (TPSA) is 171 Å². The second kappa shape index (κ2) is 9.50. The minimum Gasteiger partial charge on any atom is -0.506 e. The molecule has 0 bridgehead atoms. The summed E-state index contributed by atoms with van der Waals surface area (Å²) in [7, 11) is -3.88. The van der Waals surface area contributed by atoms with E-state index in [0.717, 1.165) is 0 Å². The molecular weight excluding hydrogens is 430 g/mol. The molecule has 3 aromatic carbocycles. The van der Waals surface area contributed by atoms with Crippen molar-refractivity contribution in [2.75, 3.05) is 18.4 Å². The van der Waals surface area contributed by atoms with Gasteiger partial charge in [0.05, 0.1) is 10.6 Å². The van der Waals surface area contributed by atoms with Crippen LogP contribution in [0.1, 0.15) is 15.9 Å². The van der Waals surface area contributed by atoms with Crippen molar-refractivity contribution in [3.05, 3.63) is 77.9 Å². The molecule has 0 heterocycles. The molecule has 166 valence electrons. The van der Waals surface area contributed by atoms with E-state index in [0.29, 0.717) is 34.5 Å². The number of hydrogen-bond acceptors (Lipinski definition) is 6. The van der Waals surface area contributed by atoms with Gasteiger partial charge in [-0.3, -0.25) is 10.2 Å². The van der Waals surface area contributed by atoms with Gasteiger partial charge >= 0.3 is 0 Å². The summed E-state index contributed by atoms with van der Waals surface area (Å²) in [6.45, 7) is 0.610. The maximum absolute atomic E-state index is 12.4. The number of carbonyl (C=O) groups is 1. The van der Waals surface area contributed by atoms with E-state index < -0.39 is 10.0 Å². The lowest BCUT2D eigenvalue weighted by molar-refractivity contribution is 0.0955. The minimum atomic E-state index is -3.88. The Bertz CT molecular complexity index is 1260. The van der Waals surface area contributed by atoms with Crippen LogP contribution >= 0.6 is 0 Å². The lowest BCUT2D eigenvalue weighted by Gasteiger charge is -2.11. The molecule has 0 aliphatic rings. The van der Waals surface area contributed by atoms with Crippen molar-refractivity contribution >= 4 is 27.5 Å². The zero-order valence-corrected chi connectivity index (χ0v) is 17.8. The van der Waals surface area contributed by atoms with Crippen molar-refractivity contribution in [1.29, 1.82) is 5.41 Å². The Morgan fingerprint density at radius 3 is 2.28 bits per heavy atom. The quantitative estimate of drug-likeness (QED) is 0.131. The molecular formula is C22H23N5O4S. The van der Waals surface area contributed by atoms with Gasteiger partial charge < -0.3 is 21.5 Å². The van der Waals surface area contributed by atoms with Crippen molar-refractivity contribution in [3.8, 4) is 16.9 Å². The number of amidine groups is 1. The number of hydrogen-bond donors (Lipinski definition) is 6. The largest absolute Gasteiger partial charge is 0.506 e. The zero-order chi connectivity index (χ0) is 23.3. The van der Waals surface area contributed by atoms with Crippen molar-refractivity contribution in [2.24, 2.45) is 10.9 Å². The number of nitrogens with two attached hydrogens (primary N) is 2. The lowest BCUT2D eigenvalue weighted by atomic mass is 10.0. The highest BCUT2D eigenvalue weighted by Crippen LogP contribution is 2.27. The molecule has 0 saturated carbocycles. The third-order valence-electron chi connectivity index (χ3n) is 4.69. The number of amides is 1. The van der Waals surface area contributed by atoms with Gasteiger partial charge in [0.2, 0.25) is 10.0 Å². The van der Waals surface area contributed by atoms with E-state index in [1.807, 2.05) is 0 Å². The van der Waals surface area contributed by atoms with Gasteiger partial charge in [0.15, 0.2) is 0 Å². The van der Waals surface area contributed by atoms with Gasteiger partial charge in [-0.15, -0.1) is 0 Å². The van der Waals surface area contributed by atoms with Crippen LogP contribution in [0.5, 0.6) is 5.75 Å². The van der Waals surface area contributed by atoms with Crippen molar-refractivity contribution < 1.29 is 18.3 Å². The summed E-state index contributed by atoms with van der Waals surface area (Å²) in [4.78, 5) is 12.4. The number of aromatic hydroxyl groups is 1. The summed E-state index contributed by atoms with van der Waals surface area (Å²) in [5, 5.41) is 28.4. The van der Waals surface area contributed by atoms with Crippen LogP contribution in [-0.4, -0.2) is 38.4 Å². The fraction of sp³-hybridized carbons (Fsp3) is 0.0909. The van der Waals surface area contributed by atoms with E-state index in [-0.39, 0.29) is 28.9 Å². The number of anilines is 1. The van der Waals surface area contributed by atoms with Crippen molar-refractivity contribution in [2.45, 2.75) is 4.90 Å². The molecule has 3 aromatic rings. The highest BCUT2D eigenvalue weighted by Gasteiger charge is 2.15. The molecule has 0 atom stereocenters. The normalized spacial score (nSPS) is 11.0. The molecule has 0 unspecified atom stereocenters. The summed E-state index contributed by atoms with van der Waals surface area (Å²) in [6.07, 6.45) is 0. The van der Waals surface area contributed by atoms with Crippen molar-refractivity contribution in [3.63, 3.8) is 0 Å². The second-order valence-electron chi connectivity index (χ2n) is 6.95. The molecule has 32 heavy (non-hydrogen) atoms. The molecule has 0 aliphatic heterocycles. The standard InChI is InChI=1S/C22H23N5O4S/c23-21(24)16-9-10-19(28)18(13-16)26-11-12-27-22(29)15-7-5-14(6-8-15)17-3-1-2-4-20(17)32(25,30)31/h1-10,13,26,28H,11-12H2,(H3,23,24)(H,27,29)(H2,25,30,31). The molecule has 3 rings (SSSR count). The molecule has 8 N–H and O–H groups in total. The van der Waals surface area contributed by atoms with Crippen molar-refractivity contribution in [1.82, 2.24) is 5.32 Å². The number of nitrogen functional groups attached to an aromatic ring is 1. The second-order valence-corrected chi connectivity index (χ2v) is 8.48. The summed E-state index contributed by atoms with van der Waals surface area (Å²) in [5.74, 6) is -0.409. The molecule has 0 spiro atoms. The number of sulfonamides is 1. The fourth-order valence-electron chi connectivity index (χ4n) is 3.07. The Balaban J connectivity index is 1.61. The SMILES string of the molecule is N=C(N)c1ccc(O)c(NCCNC(=O)c2ccc(-c3ccccc3S(N)(=O)=O)cc2)c1. The van der Waals surface area contributed by atoms with Gasteiger partial charge in [-0.25, -0.2) is 13.6 Å². The van der Waals surface area contributed by atoms with E-state index in [9.17, 15) is 18.3 Å². The average Bonchev–Trinajstić information content (AvgIpc) is 2.77. The molecule has 0 aromatic heterocycles. The average molecular weight is 454 g/mol. The van der Waals surface area contributed by atoms with Crippen LogP contribution in [0.25, 0.3) is 11.1 Å². The number of phenols is 1. The highest BCUT2D eigenvalue weighted by atomic mass is 32.2. The molecule has 10 heteroatoms. The number of rotatable bonds is 8. The lowest BCUT2D eigenvalue weighted by Crippen LogP contribution is -2.28. The van der Waals surface area contributed by atoms with E-state index in [1.54, 1.807) is 48.5 Å². The van der Waals surface area contributed by atoms with Gasteiger partial charge in [-0.1, -0.05) is 30.3 Å². The first-order valence-corrected chi connectivity index (χ1v) is 11.1. The van der Waals surface area contributed by atoms with E-state index in [1.165, 1.54) is 18.2 Å². The number of carbonyl (C=O) groups excluding carboxylic acids is 1. The highest BCUT2D eigenvalue weighted by molar-refractivity contribution is 7.89. The number of phenolic OH excluding ortho intramolecular Hbond substituents is 1. The van der Waals surface area contributed by atoms with Crippen LogP contribution in [0.2, 0.25) is 0 Å². The van der Waals surface area contributed by atoms with Crippen LogP contribution in [0.4, 0.5) is 5.69 Å². The van der Waals surface area contributed by atoms with E-state index in [4.69, 9.17) is 16.3 Å². The summed E-state index contributed by atoms with van der Waals surface area (Å²) < 4.78 is 23.6. The molecule has 0 fully saturated rings. The number of nitrogens with one attached hydrogen (secondary N) is 3. The summed E-state index contributed by atoms with van der Waals surface area (Å²) >= 11 is 0. The van der Waals surface area contributed by atoms with Gasteiger partial charge in [-0.2, -0.15) is 0 Å². The van der Waals surface area contributed by atoms with Crippen LogP contribution < -0.4 is 21.5 Å². The Hall–Kier alpha value is -3.89.